The van der Waals surface area contributed by atoms with Crippen LogP contribution in [-0.2, 0) is 0 Å². The van der Waals surface area contributed by atoms with E-state index in [1.165, 1.54) is 0 Å². The number of hydrogen-bond acceptors (Lipinski definition) is 5. The van der Waals surface area contributed by atoms with Crippen molar-refractivity contribution in [2.45, 2.75) is 19.6 Å². The first-order chi connectivity index (χ1) is 9.28. The van der Waals surface area contributed by atoms with Gasteiger partial charge in [0.15, 0.2) is 5.58 Å². The number of benzene rings is 1. The minimum Gasteiger partial charge on any atom is -0.423 e. The summed E-state index contributed by atoms with van der Waals surface area (Å²) in [5.74, 6) is 0. The number of aliphatic hydroxyl groups excluding tert-OH is 1. The van der Waals surface area contributed by atoms with E-state index in [1.807, 2.05) is 31.2 Å². The molecule has 0 bridgehead atoms. The molecule has 102 valence electrons. The van der Waals surface area contributed by atoms with Gasteiger partial charge in [0.1, 0.15) is 11.7 Å². The van der Waals surface area contributed by atoms with Crippen LogP contribution in [0, 0.1) is 0 Å². The number of nitrogens with zero attached hydrogens (tertiary/aromatic N) is 3. The smallest absolute Gasteiger partial charge is 0.298 e. The molecule has 2 heterocycles. The molecule has 5 nitrogen and oxygen atoms in total. The maximum Gasteiger partial charge on any atom is 0.298 e. The first-order valence-electron chi connectivity index (χ1n) is 6.80. The van der Waals surface area contributed by atoms with E-state index >= 15 is 0 Å². The van der Waals surface area contributed by atoms with E-state index < -0.39 is 0 Å². The summed E-state index contributed by atoms with van der Waals surface area (Å²) < 4.78 is 5.76. The van der Waals surface area contributed by atoms with E-state index in [-0.39, 0.29) is 6.23 Å². The number of anilines is 1. The van der Waals surface area contributed by atoms with Crippen LogP contribution in [-0.4, -0.2) is 47.4 Å². The Labute approximate surface area is 112 Å². The summed E-state index contributed by atoms with van der Waals surface area (Å²) in [5, 5.41) is 9.82. The third kappa shape index (κ3) is 2.43. The Morgan fingerprint density at radius 1 is 1.26 bits per heavy atom. The van der Waals surface area contributed by atoms with Crippen LogP contribution in [0.1, 0.15) is 13.3 Å². The number of oxazole rings is 1. The molecule has 0 spiro atoms. The Morgan fingerprint density at radius 2 is 2.00 bits per heavy atom. The number of para-hydroxylation sites is 2. The fraction of sp³-hybridized carbons (Fsp3) is 0.500. The average molecular weight is 261 g/mol. The SMILES string of the molecule is CCC(O)N1CCN(c2nc3ccccc3o2)CC1. The predicted octanol–water partition coefficient (Wildman–Crippen LogP) is 1.68. The minimum absolute atomic E-state index is 0.328. The van der Waals surface area contributed by atoms with Gasteiger partial charge in [-0.2, -0.15) is 4.98 Å². The zero-order valence-electron chi connectivity index (χ0n) is 11.1. The Balaban J connectivity index is 1.71. The van der Waals surface area contributed by atoms with Crippen LogP contribution < -0.4 is 4.90 Å². The van der Waals surface area contributed by atoms with Crippen molar-refractivity contribution in [1.82, 2.24) is 9.88 Å². The first kappa shape index (κ1) is 12.4. The van der Waals surface area contributed by atoms with Gasteiger partial charge in [-0.3, -0.25) is 4.90 Å². The summed E-state index contributed by atoms with van der Waals surface area (Å²) in [7, 11) is 0. The zero-order chi connectivity index (χ0) is 13.2. The van der Waals surface area contributed by atoms with E-state index in [9.17, 15) is 5.11 Å². The Hall–Kier alpha value is -1.59. The summed E-state index contributed by atoms with van der Waals surface area (Å²) in [6.45, 7) is 5.35. The van der Waals surface area contributed by atoms with Crippen LogP contribution >= 0.6 is 0 Å². The van der Waals surface area contributed by atoms with Gasteiger partial charge in [0.05, 0.1) is 0 Å². The molecular formula is C14H19N3O2. The van der Waals surface area contributed by atoms with Crippen LogP contribution in [0.2, 0.25) is 0 Å². The van der Waals surface area contributed by atoms with Crippen LogP contribution in [0.3, 0.4) is 0 Å². The van der Waals surface area contributed by atoms with Gasteiger partial charge < -0.3 is 14.4 Å². The molecule has 1 saturated heterocycles. The van der Waals surface area contributed by atoms with Crippen LogP contribution in [0.25, 0.3) is 11.1 Å². The minimum atomic E-state index is -0.328. The van der Waals surface area contributed by atoms with Gasteiger partial charge in [-0.1, -0.05) is 19.1 Å². The second-order valence-electron chi connectivity index (χ2n) is 4.88. The first-order valence-corrected chi connectivity index (χ1v) is 6.80. The van der Waals surface area contributed by atoms with Crippen molar-refractivity contribution in [3.8, 4) is 0 Å². The summed E-state index contributed by atoms with van der Waals surface area (Å²) in [6, 6.07) is 8.49. The standard InChI is InChI=1S/C14H19N3O2/c1-2-13(18)16-7-9-17(10-8-16)14-15-11-5-3-4-6-12(11)19-14/h3-6,13,18H,2,7-10H2,1H3. The molecule has 1 fully saturated rings. The van der Waals surface area contributed by atoms with E-state index in [4.69, 9.17) is 4.42 Å². The second kappa shape index (κ2) is 5.19. The fourth-order valence-electron chi connectivity index (χ4n) is 2.46. The van der Waals surface area contributed by atoms with Crippen LogP contribution in [0.5, 0.6) is 0 Å². The van der Waals surface area contributed by atoms with E-state index in [2.05, 4.69) is 14.8 Å². The molecule has 5 heteroatoms. The molecular weight excluding hydrogens is 242 g/mol. The molecule has 1 N–H and O–H groups in total. The number of aliphatic hydroxyl groups is 1. The monoisotopic (exact) mass is 261 g/mol. The number of piperazine rings is 1. The van der Waals surface area contributed by atoms with Gasteiger partial charge in [0.2, 0.25) is 0 Å². The molecule has 1 aliphatic rings. The molecule has 1 atom stereocenters. The van der Waals surface area contributed by atoms with Gasteiger partial charge >= 0.3 is 0 Å². The van der Waals surface area contributed by atoms with Gasteiger partial charge in [0.25, 0.3) is 6.01 Å². The van der Waals surface area contributed by atoms with Crippen molar-refractivity contribution in [3.05, 3.63) is 24.3 Å². The zero-order valence-corrected chi connectivity index (χ0v) is 11.1. The maximum atomic E-state index is 9.82. The topological polar surface area (TPSA) is 52.7 Å². The quantitative estimate of drug-likeness (QED) is 0.911. The number of fused-ring (bicyclic) bond motifs is 1. The van der Waals surface area contributed by atoms with Gasteiger partial charge in [0, 0.05) is 26.2 Å². The van der Waals surface area contributed by atoms with E-state index in [0.29, 0.717) is 6.01 Å². The third-order valence-electron chi connectivity index (χ3n) is 3.65. The molecule has 1 unspecified atom stereocenters. The lowest BCUT2D eigenvalue weighted by Crippen LogP contribution is -2.50. The predicted molar refractivity (Wildman–Crippen MR) is 74.1 cm³/mol. The average Bonchev–Trinajstić information content (AvgIpc) is 2.90. The molecule has 1 aromatic carbocycles. The largest absolute Gasteiger partial charge is 0.423 e. The third-order valence-corrected chi connectivity index (χ3v) is 3.65. The Kier molecular flexibility index (Phi) is 3.40. The van der Waals surface area contributed by atoms with Gasteiger partial charge in [-0.05, 0) is 18.6 Å². The summed E-state index contributed by atoms with van der Waals surface area (Å²) >= 11 is 0. The van der Waals surface area contributed by atoms with Crippen molar-refractivity contribution < 1.29 is 9.52 Å². The molecule has 2 aromatic rings. The lowest BCUT2D eigenvalue weighted by molar-refractivity contribution is -0.00237. The Bertz CT molecular complexity index is 513. The summed E-state index contributed by atoms with van der Waals surface area (Å²) in [5.41, 5.74) is 1.72. The molecule has 3 rings (SSSR count). The second-order valence-corrected chi connectivity index (χ2v) is 4.88. The normalized spacial score (nSPS) is 18.9. The van der Waals surface area contributed by atoms with E-state index in [0.717, 1.165) is 43.7 Å². The number of rotatable bonds is 3. The van der Waals surface area contributed by atoms with Gasteiger partial charge in [-0.25, -0.2) is 0 Å². The van der Waals surface area contributed by atoms with Crippen molar-refractivity contribution in [1.29, 1.82) is 0 Å². The number of aromatic nitrogens is 1. The van der Waals surface area contributed by atoms with Crippen molar-refractivity contribution in [3.63, 3.8) is 0 Å². The van der Waals surface area contributed by atoms with Crippen molar-refractivity contribution in [2.24, 2.45) is 0 Å². The summed E-state index contributed by atoms with van der Waals surface area (Å²) in [6.07, 6.45) is 0.439. The fourth-order valence-corrected chi connectivity index (χ4v) is 2.46. The highest BCUT2D eigenvalue weighted by Crippen LogP contribution is 2.22. The molecule has 19 heavy (non-hydrogen) atoms. The van der Waals surface area contributed by atoms with Crippen LogP contribution in [0.4, 0.5) is 6.01 Å². The highest BCUT2D eigenvalue weighted by Gasteiger charge is 2.23. The Morgan fingerprint density at radius 3 is 2.68 bits per heavy atom. The molecule has 0 aliphatic carbocycles. The molecule has 1 aromatic heterocycles. The van der Waals surface area contributed by atoms with Gasteiger partial charge in [-0.15, -0.1) is 0 Å². The highest BCUT2D eigenvalue weighted by atomic mass is 16.4. The van der Waals surface area contributed by atoms with Crippen molar-refractivity contribution >= 4 is 17.1 Å². The van der Waals surface area contributed by atoms with Crippen LogP contribution in [0.15, 0.2) is 28.7 Å². The van der Waals surface area contributed by atoms with Crippen molar-refractivity contribution in [2.75, 3.05) is 31.1 Å². The van der Waals surface area contributed by atoms with E-state index in [1.54, 1.807) is 0 Å². The molecule has 0 saturated carbocycles. The molecule has 0 radical (unpaired) electrons. The lowest BCUT2D eigenvalue weighted by atomic mass is 10.3. The highest BCUT2D eigenvalue weighted by molar-refractivity contribution is 5.74. The molecule has 1 aliphatic heterocycles. The lowest BCUT2D eigenvalue weighted by Gasteiger charge is -2.36. The molecule has 0 amide bonds. The number of hydrogen-bond donors (Lipinski definition) is 1. The summed E-state index contributed by atoms with van der Waals surface area (Å²) in [4.78, 5) is 8.74. The maximum absolute atomic E-state index is 9.82.